The lowest BCUT2D eigenvalue weighted by molar-refractivity contribution is -0.0810. The SMILES string of the molecule is CC1(c2cc(Br)ccc2F)CC2(CCOCC2)OC(NC(=O)O)=N1. The van der Waals surface area contributed by atoms with Gasteiger partial charge < -0.3 is 14.6 Å². The van der Waals surface area contributed by atoms with Crippen LogP contribution >= 0.6 is 15.9 Å². The van der Waals surface area contributed by atoms with E-state index in [1.54, 1.807) is 19.1 Å². The van der Waals surface area contributed by atoms with Gasteiger partial charge in [0.1, 0.15) is 11.4 Å². The van der Waals surface area contributed by atoms with Crippen molar-refractivity contribution in [2.45, 2.75) is 37.3 Å². The van der Waals surface area contributed by atoms with Gasteiger partial charge in [-0.2, -0.15) is 0 Å². The average molecular weight is 401 g/mol. The minimum atomic E-state index is -1.27. The van der Waals surface area contributed by atoms with Crippen molar-refractivity contribution in [3.05, 3.63) is 34.1 Å². The first kappa shape index (κ1) is 17.2. The predicted octanol–water partition coefficient (Wildman–Crippen LogP) is 3.40. The highest BCUT2D eigenvalue weighted by molar-refractivity contribution is 9.10. The van der Waals surface area contributed by atoms with Crippen LogP contribution in [0, 0.1) is 5.82 Å². The highest BCUT2D eigenvalue weighted by Crippen LogP contribution is 2.44. The van der Waals surface area contributed by atoms with E-state index in [1.807, 2.05) is 0 Å². The Kier molecular flexibility index (Phi) is 4.52. The fourth-order valence-electron chi connectivity index (χ4n) is 3.39. The molecule has 2 aliphatic heterocycles. The third-order valence-corrected chi connectivity index (χ3v) is 4.95. The van der Waals surface area contributed by atoms with Crippen molar-refractivity contribution in [3.63, 3.8) is 0 Å². The van der Waals surface area contributed by atoms with Gasteiger partial charge in [0.05, 0.1) is 18.8 Å². The molecule has 1 spiro atoms. The molecule has 1 unspecified atom stereocenters. The number of nitrogens with one attached hydrogen (secondary N) is 1. The molecule has 1 saturated heterocycles. The number of amides is 1. The summed E-state index contributed by atoms with van der Waals surface area (Å²) in [4.78, 5) is 15.4. The van der Waals surface area contributed by atoms with Crippen molar-refractivity contribution >= 4 is 28.0 Å². The van der Waals surface area contributed by atoms with Crippen molar-refractivity contribution in [1.29, 1.82) is 0 Å². The van der Waals surface area contributed by atoms with Crippen molar-refractivity contribution in [2.75, 3.05) is 13.2 Å². The molecule has 3 rings (SSSR count). The molecular formula is C16H18BrFN2O4. The van der Waals surface area contributed by atoms with Crippen LogP contribution in [0.4, 0.5) is 9.18 Å². The molecule has 0 bridgehead atoms. The van der Waals surface area contributed by atoms with Gasteiger partial charge in [0.2, 0.25) is 0 Å². The normalized spacial score (nSPS) is 25.7. The number of carboxylic acid groups (broad SMARTS) is 1. The molecule has 2 aliphatic rings. The maximum Gasteiger partial charge on any atom is 0.412 e. The summed E-state index contributed by atoms with van der Waals surface area (Å²) >= 11 is 3.35. The van der Waals surface area contributed by atoms with Crippen LogP contribution in [0.5, 0.6) is 0 Å². The zero-order valence-electron chi connectivity index (χ0n) is 13.1. The fourth-order valence-corrected chi connectivity index (χ4v) is 3.75. The number of carbonyl (C=O) groups is 1. The average Bonchev–Trinajstić information content (AvgIpc) is 2.49. The van der Waals surface area contributed by atoms with E-state index in [9.17, 15) is 9.18 Å². The summed E-state index contributed by atoms with van der Waals surface area (Å²) in [6.07, 6.45) is 0.369. The fraction of sp³-hybridized carbons (Fsp3) is 0.500. The lowest BCUT2D eigenvalue weighted by atomic mass is 9.76. The predicted molar refractivity (Wildman–Crippen MR) is 88.5 cm³/mol. The highest BCUT2D eigenvalue weighted by atomic mass is 79.9. The van der Waals surface area contributed by atoms with Crippen molar-refractivity contribution in [1.82, 2.24) is 5.32 Å². The van der Waals surface area contributed by atoms with Gasteiger partial charge in [0, 0.05) is 29.3 Å². The summed E-state index contributed by atoms with van der Waals surface area (Å²) in [7, 11) is 0. The molecule has 6 nitrogen and oxygen atoms in total. The Morgan fingerprint density at radius 1 is 1.42 bits per heavy atom. The van der Waals surface area contributed by atoms with Crippen LogP contribution in [0.15, 0.2) is 27.7 Å². The molecule has 1 aromatic carbocycles. The number of nitrogens with zero attached hydrogens (tertiary/aromatic N) is 1. The smallest absolute Gasteiger partial charge is 0.412 e. The summed E-state index contributed by atoms with van der Waals surface area (Å²) in [6.45, 7) is 2.82. The molecule has 0 aliphatic carbocycles. The Hall–Kier alpha value is -1.67. The summed E-state index contributed by atoms with van der Waals surface area (Å²) in [5, 5.41) is 11.2. The van der Waals surface area contributed by atoms with Crippen LogP contribution in [0.25, 0.3) is 0 Å². The molecule has 1 amide bonds. The van der Waals surface area contributed by atoms with E-state index in [0.29, 0.717) is 38.0 Å². The summed E-state index contributed by atoms with van der Waals surface area (Å²) in [6, 6.07) is 4.57. The summed E-state index contributed by atoms with van der Waals surface area (Å²) in [5.74, 6) is -0.386. The first-order chi connectivity index (χ1) is 11.3. The topological polar surface area (TPSA) is 80.2 Å². The van der Waals surface area contributed by atoms with Gasteiger partial charge in [-0.15, -0.1) is 0 Å². The number of rotatable bonds is 1. The Morgan fingerprint density at radius 2 is 2.12 bits per heavy atom. The Bertz CT molecular complexity index is 691. The second kappa shape index (κ2) is 6.33. The van der Waals surface area contributed by atoms with E-state index in [0.717, 1.165) is 4.47 Å². The maximum absolute atomic E-state index is 14.5. The standard InChI is InChI=1S/C16H18BrFN2O4/c1-15(11-8-10(17)2-3-12(11)18)9-16(4-6-23-7-5-16)24-13(20-15)19-14(21)22/h2-3,8H,4-7,9H2,1H3,(H,19,20)(H,21,22). The molecule has 0 radical (unpaired) electrons. The first-order valence-corrected chi connectivity index (χ1v) is 8.43. The maximum atomic E-state index is 14.5. The van der Waals surface area contributed by atoms with Gasteiger partial charge in [-0.3, -0.25) is 0 Å². The number of benzene rings is 1. The zero-order chi connectivity index (χ0) is 17.4. The summed E-state index contributed by atoms with van der Waals surface area (Å²) < 4.78 is 26.4. The number of hydrogen-bond acceptors (Lipinski definition) is 4. The van der Waals surface area contributed by atoms with Crippen LogP contribution in [-0.2, 0) is 15.0 Å². The van der Waals surface area contributed by atoms with E-state index in [2.05, 4.69) is 26.2 Å². The van der Waals surface area contributed by atoms with E-state index >= 15 is 0 Å². The van der Waals surface area contributed by atoms with E-state index in [-0.39, 0.29) is 11.8 Å². The lowest BCUT2D eigenvalue weighted by Crippen LogP contribution is -2.52. The molecule has 2 heterocycles. The van der Waals surface area contributed by atoms with Gasteiger partial charge in [-0.25, -0.2) is 19.5 Å². The lowest BCUT2D eigenvalue weighted by Gasteiger charge is -2.46. The van der Waals surface area contributed by atoms with Gasteiger partial charge in [-0.05, 0) is 25.1 Å². The van der Waals surface area contributed by atoms with E-state index < -0.39 is 17.2 Å². The molecule has 8 heteroatoms. The molecule has 24 heavy (non-hydrogen) atoms. The minimum Gasteiger partial charge on any atom is -0.465 e. The van der Waals surface area contributed by atoms with Crippen LogP contribution in [-0.4, -0.2) is 36.0 Å². The summed E-state index contributed by atoms with van der Waals surface area (Å²) in [5.41, 5.74) is -1.17. The van der Waals surface area contributed by atoms with Crippen LogP contribution in [0.3, 0.4) is 0 Å². The van der Waals surface area contributed by atoms with Crippen molar-refractivity contribution in [2.24, 2.45) is 4.99 Å². The highest BCUT2D eigenvalue weighted by Gasteiger charge is 2.48. The molecule has 2 N–H and O–H groups in total. The number of halogens is 2. The van der Waals surface area contributed by atoms with Crippen LogP contribution < -0.4 is 5.32 Å². The number of hydrogen-bond donors (Lipinski definition) is 2. The van der Waals surface area contributed by atoms with Gasteiger partial charge in [-0.1, -0.05) is 15.9 Å². The third kappa shape index (κ3) is 3.39. The molecular weight excluding hydrogens is 383 g/mol. The number of aliphatic imine (C=N–C) groups is 1. The Labute approximate surface area is 147 Å². The van der Waals surface area contributed by atoms with Crippen molar-refractivity contribution in [3.8, 4) is 0 Å². The van der Waals surface area contributed by atoms with Crippen LogP contribution in [0.1, 0.15) is 31.7 Å². The van der Waals surface area contributed by atoms with Gasteiger partial charge >= 0.3 is 6.09 Å². The molecule has 0 aromatic heterocycles. The Balaban J connectivity index is 2.05. The monoisotopic (exact) mass is 400 g/mol. The van der Waals surface area contributed by atoms with Gasteiger partial charge in [0.25, 0.3) is 6.02 Å². The molecule has 1 atom stereocenters. The molecule has 1 fully saturated rings. The third-order valence-electron chi connectivity index (χ3n) is 4.45. The minimum absolute atomic E-state index is 0.0995. The van der Waals surface area contributed by atoms with Crippen molar-refractivity contribution < 1.29 is 23.8 Å². The largest absolute Gasteiger partial charge is 0.465 e. The van der Waals surface area contributed by atoms with E-state index in [1.165, 1.54) is 6.07 Å². The van der Waals surface area contributed by atoms with Gasteiger partial charge in [0.15, 0.2) is 0 Å². The molecule has 1 aromatic rings. The number of amidine groups is 1. The van der Waals surface area contributed by atoms with Crippen LogP contribution in [0.2, 0.25) is 0 Å². The second-order valence-electron chi connectivity index (χ2n) is 6.32. The quantitative estimate of drug-likeness (QED) is 0.756. The zero-order valence-corrected chi connectivity index (χ0v) is 14.7. The molecule has 0 saturated carbocycles. The van der Waals surface area contributed by atoms with E-state index in [4.69, 9.17) is 14.6 Å². The molecule has 130 valence electrons. The Morgan fingerprint density at radius 3 is 2.79 bits per heavy atom. The number of ether oxygens (including phenoxy) is 2. The second-order valence-corrected chi connectivity index (χ2v) is 7.24. The first-order valence-electron chi connectivity index (χ1n) is 7.64.